The number of aliphatic carboxylic acids is 1. The summed E-state index contributed by atoms with van der Waals surface area (Å²) in [7, 11) is 0. The molecule has 1 aliphatic heterocycles. The van der Waals surface area contributed by atoms with E-state index in [1.165, 1.54) is 0 Å². The van der Waals surface area contributed by atoms with Crippen molar-refractivity contribution in [2.75, 3.05) is 31.2 Å². The molecule has 0 saturated carbocycles. The summed E-state index contributed by atoms with van der Waals surface area (Å²) in [5, 5.41) is 19.1. The van der Waals surface area contributed by atoms with Crippen molar-refractivity contribution in [3.05, 3.63) is 84.4 Å². The molecule has 47 heavy (non-hydrogen) atoms. The summed E-state index contributed by atoms with van der Waals surface area (Å²) in [4.78, 5) is 19.8. The normalized spacial score (nSPS) is 15.5. The fourth-order valence-corrected chi connectivity index (χ4v) is 5.81. The first-order valence-corrected chi connectivity index (χ1v) is 16.0. The van der Waals surface area contributed by atoms with Crippen LogP contribution in [0.3, 0.4) is 0 Å². The minimum absolute atomic E-state index is 0.267. The second-order valence-corrected chi connectivity index (χ2v) is 13.1. The smallest absolute Gasteiger partial charge is 0.337 e. The maximum absolute atomic E-state index is 12.8. The van der Waals surface area contributed by atoms with E-state index in [0.717, 1.165) is 36.1 Å². The molecule has 1 unspecified atom stereocenters. The Bertz CT molecular complexity index is 1730. The largest absolute Gasteiger partial charge is 0.493 e. The molecule has 5 rings (SSSR count). The number of aryl methyl sites for hydroxylation is 1. The van der Waals surface area contributed by atoms with Crippen LogP contribution >= 0.6 is 0 Å². The fraction of sp³-hybridized carbons (Fsp3) is 0.444. The highest BCUT2D eigenvalue weighted by Gasteiger charge is 2.37. The number of carboxylic acid groups (broad SMARTS) is 1. The number of aromatic nitrogens is 4. The number of para-hydroxylation sites is 1. The fourth-order valence-electron chi connectivity index (χ4n) is 5.81. The number of carboxylic acids is 1. The van der Waals surface area contributed by atoms with Gasteiger partial charge in [0.15, 0.2) is 6.10 Å². The highest BCUT2D eigenvalue weighted by atomic mass is 16.5. The van der Waals surface area contributed by atoms with Crippen LogP contribution in [0.5, 0.6) is 5.75 Å². The minimum atomic E-state index is -1.20. The molecule has 3 aromatic heterocycles. The van der Waals surface area contributed by atoms with Crippen molar-refractivity contribution in [1.82, 2.24) is 19.6 Å². The molecule has 1 fully saturated rings. The standard InChI is InChI=1S/C36H45N5O6/c1-8-10-20-44-27-14-12-11-13-25(27)22-29-38-39-32(46-29)26-23-41-28(37-26)21-24(3)30(31(34(42)43)47-35(4,5)6)33(41)40-17-15-36(7,16-18-40)45-19-9-2/h8-9,11-14,21,23,31H,1-2,10,15-20,22H2,3-7H3,(H,42,43). The van der Waals surface area contributed by atoms with Crippen LogP contribution in [0, 0.1) is 6.92 Å². The van der Waals surface area contributed by atoms with Crippen molar-refractivity contribution in [3.8, 4) is 17.3 Å². The van der Waals surface area contributed by atoms with E-state index in [9.17, 15) is 9.90 Å². The van der Waals surface area contributed by atoms with Gasteiger partial charge in [-0.25, -0.2) is 9.78 Å². The summed E-state index contributed by atoms with van der Waals surface area (Å²) in [6.45, 7) is 19.4. The maximum Gasteiger partial charge on any atom is 0.337 e. The molecule has 0 radical (unpaired) electrons. The van der Waals surface area contributed by atoms with Crippen LogP contribution in [0.2, 0.25) is 0 Å². The van der Waals surface area contributed by atoms with Crippen molar-refractivity contribution >= 4 is 17.4 Å². The van der Waals surface area contributed by atoms with Gasteiger partial charge >= 0.3 is 5.97 Å². The maximum atomic E-state index is 12.8. The van der Waals surface area contributed by atoms with Gasteiger partial charge in [0.25, 0.3) is 5.89 Å². The van der Waals surface area contributed by atoms with Gasteiger partial charge in [-0.1, -0.05) is 30.4 Å². The Morgan fingerprint density at radius 3 is 2.60 bits per heavy atom. The number of hydrogen-bond donors (Lipinski definition) is 1. The zero-order valence-corrected chi connectivity index (χ0v) is 28.0. The minimum Gasteiger partial charge on any atom is -0.493 e. The number of imidazole rings is 1. The summed E-state index contributed by atoms with van der Waals surface area (Å²) >= 11 is 0. The molecule has 11 heteroatoms. The van der Waals surface area contributed by atoms with Gasteiger partial charge in [0.2, 0.25) is 5.89 Å². The van der Waals surface area contributed by atoms with Crippen LogP contribution in [0.15, 0.2) is 66.3 Å². The predicted octanol–water partition coefficient (Wildman–Crippen LogP) is 6.74. The van der Waals surface area contributed by atoms with E-state index in [4.69, 9.17) is 23.6 Å². The number of carbonyl (C=O) groups is 1. The lowest BCUT2D eigenvalue weighted by atomic mass is 9.92. The molecule has 0 aliphatic carbocycles. The zero-order chi connectivity index (χ0) is 33.8. The number of piperidine rings is 1. The predicted molar refractivity (Wildman–Crippen MR) is 180 cm³/mol. The van der Waals surface area contributed by atoms with E-state index in [0.29, 0.717) is 61.3 Å². The molecule has 1 aliphatic rings. The number of hydrogen-bond acceptors (Lipinski definition) is 9. The topological polar surface area (TPSA) is 124 Å². The third-order valence-corrected chi connectivity index (χ3v) is 8.18. The Kier molecular flexibility index (Phi) is 10.2. The van der Waals surface area contributed by atoms with Gasteiger partial charge in [0, 0.05) is 30.4 Å². The van der Waals surface area contributed by atoms with Gasteiger partial charge in [0.05, 0.1) is 30.8 Å². The molecule has 1 aromatic carbocycles. The van der Waals surface area contributed by atoms with E-state index in [-0.39, 0.29) is 11.5 Å². The van der Waals surface area contributed by atoms with Gasteiger partial charge in [-0.2, -0.15) is 0 Å². The summed E-state index contributed by atoms with van der Waals surface area (Å²) in [6.07, 6.45) is 6.84. The molecule has 250 valence electrons. The van der Waals surface area contributed by atoms with Gasteiger partial charge in [-0.05, 0) is 71.6 Å². The summed E-state index contributed by atoms with van der Waals surface area (Å²) < 4.78 is 26.3. The summed E-state index contributed by atoms with van der Waals surface area (Å²) in [6, 6.07) is 9.63. The Morgan fingerprint density at radius 2 is 1.91 bits per heavy atom. The zero-order valence-electron chi connectivity index (χ0n) is 28.0. The van der Waals surface area contributed by atoms with E-state index < -0.39 is 17.7 Å². The lowest BCUT2D eigenvalue weighted by molar-refractivity contribution is -0.160. The molecule has 1 saturated heterocycles. The number of nitrogens with zero attached hydrogens (tertiary/aromatic N) is 5. The molecule has 11 nitrogen and oxygen atoms in total. The van der Waals surface area contributed by atoms with Crippen molar-refractivity contribution in [2.45, 2.75) is 77.6 Å². The molecule has 1 N–H and O–H groups in total. The molecule has 1 atom stereocenters. The van der Waals surface area contributed by atoms with Gasteiger partial charge < -0.3 is 28.6 Å². The van der Waals surface area contributed by atoms with E-state index in [2.05, 4.69) is 35.2 Å². The second kappa shape index (κ2) is 14.1. The van der Waals surface area contributed by atoms with Crippen molar-refractivity contribution in [2.24, 2.45) is 0 Å². The highest BCUT2D eigenvalue weighted by Crippen LogP contribution is 2.39. The van der Waals surface area contributed by atoms with E-state index >= 15 is 0 Å². The summed E-state index contributed by atoms with van der Waals surface area (Å²) in [5.41, 5.74) is 2.38. The molecule has 0 bridgehead atoms. The first-order valence-electron chi connectivity index (χ1n) is 16.0. The van der Waals surface area contributed by atoms with Crippen molar-refractivity contribution in [1.29, 1.82) is 0 Å². The number of pyridine rings is 1. The van der Waals surface area contributed by atoms with Crippen molar-refractivity contribution < 1.29 is 28.5 Å². The third-order valence-electron chi connectivity index (χ3n) is 8.18. The molecular formula is C36H45N5O6. The molecule has 4 aromatic rings. The average molecular weight is 644 g/mol. The lowest BCUT2D eigenvalue weighted by Gasteiger charge is -2.41. The number of ether oxygens (including phenoxy) is 3. The number of fused-ring (bicyclic) bond motifs is 1. The molecule has 0 spiro atoms. The second-order valence-electron chi connectivity index (χ2n) is 13.1. The van der Waals surface area contributed by atoms with E-state index in [1.807, 2.05) is 74.7 Å². The average Bonchev–Trinajstić information content (AvgIpc) is 3.66. The van der Waals surface area contributed by atoms with Crippen LogP contribution in [0.4, 0.5) is 5.82 Å². The SMILES string of the molecule is C=CCCOc1ccccc1Cc1nnc(-c2cn3c(N4CCC(C)(OCC=C)CC4)c(C(OC(C)(C)C)C(=O)O)c(C)cc3n2)o1. The molecular weight excluding hydrogens is 598 g/mol. The summed E-state index contributed by atoms with van der Waals surface area (Å²) in [5.74, 6) is 1.10. The molecule has 0 amide bonds. The van der Waals surface area contributed by atoms with Gasteiger partial charge in [-0.15, -0.1) is 23.4 Å². The van der Waals surface area contributed by atoms with Crippen LogP contribution in [-0.2, 0) is 20.7 Å². The third kappa shape index (κ3) is 7.91. The Labute approximate surface area is 275 Å². The quantitative estimate of drug-likeness (QED) is 0.117. The number of rotatable bonds is 14. The first-order chi connectivity index (χ1) is 22.4. The number of benzene rings is 1. The van der Waals surface area contributed by atoms with Crippen LogP contribution in [0.25, 0.3) is 17.2 Å². The van der Waals surface area contributed by atoms with Crippen LogP contribution in [-0.4, -0.2) is 68.2 Å². The number of anilines is 1. The van der Waals surface area contributed by atoms with Crippen LogP contribution in [0.1, 0.15) is 75.6 Å². The monoisotopic (exact) mass is 643 g/mol. The van der Waals surface area contributed by atoms with Crippen molar-refractivity contribution in [3.63, 3.8) is 0 Å². The van der Waals surface area contributed by atoms with Crippen LogP contribution < -0.4 is 9.64 Å². The Balaban J connectivity index is 1.53. The Hall–Kier alpha value is -4.48. The first kappa shape index (κ1) is 33.9. The van der Waals surface area contributed by atoms with Gasteiger partial charge in [-0.3, -0.25) is 4.40 Å². The highest BCUT2D eigenvalue weighted by molar-refractivity contribution is 5.79. The van der Waals surface area contributed by atoms with Gasteiger partial charge in [0.1, 0.15) is 22.9 Å². The Morgan fingerprint density at radius 1 is 1.17 bits per heavy atom. The lowest BCUT2D eigenvalue weighted by Crippen LogP contribution is -2.45. The van der Waals surface area contributed by atoms with E-state index in [1.54, 1.807) is 6.08 Å². The molecule has 4 heterocycles.